The minimum atomic E-state index is -0.476. The number of rotatable bonds is 3. The van der Waals surface area contributed by atoms with Crippen LogP contribution in [-0.2, 0) is 0 Å². The molecule has 1 amide bonds. The topological polar surface area (TPSA) is 92.1 Å². The number of carbonyl (C=O) groups is 1. The molecule has 3 aromatic heterocycles. The Morgan fingerprint density at radius 2 is 2.04 bits per heavy atom. The molecule has 7 nitrogen and oxygen atoms in total. The van der Waals surface area contributed by atoms with E-state index < -0.39 is 5.91 Å². The molecule has 1 aromatic carbocycles. The van der Waals surface area contributed by atoms with E-state index in [-0.39, 0.29) is 11.3 Å². The highest BCUT2D eigenvalue weighted by atomic mass is 16.2. The van der Waals surface area contributed by atoms with Gasteiger partial charge in [0.1, 0.15) is 22.9 Å². The minimum absolute atomic E-state index is 0.0369. The molecule has 0 radical (unpaired) electrons. The zero-order valence-corrected chi connectivity index (χ0v) is 13.9. The summed E-state index contributed by atoms with van der Waals surface area (Å²) >= 11 is 0. The van der Waals surface area contributed by atoms with E-state index in [1.807, 2.05) is 55.6 Å². The zero-order valence-electron chi connectivity index (χ0n) is 13.9. The molecule has 128 valence electrons. The lowest BCUT2D eigenvalue weighted by Gasteiger charge is -2.07. The van der Waals surface area contributed by atoms with Gasteiger partial charge in [-0.3, -0.25) is 14.0 Å². The first-order chi connectivity index (χ1) is 12.6. The van der Waals surface area contributed by atoms with Gasteiger partial charge in [0.05, 0.1) is 6.33 Å². The molecular formula is C19H15N5O2. The molecule has 26 heavy (non-hydrogen) atoms. The van der Waals surface area contributed by atoms with Gasteiger partial charge < -0.3 is 10.3 Å². The number of fused-ring (bicyclic) bond motifs is 1. The lowest BCUT2D eigenvalue weighted by molar-refractivity contribution is 0.102. The van der Waals surface area contributed by atoms with Crippen molar-refractivity contribution in [3.8, 4) is 11.3 Å². The Morgan fingerprint density at radius 3 is 2.85 bits per heavy atom. The Labute approximate surface area is 148 Å². The zero-order chi connectivity index (χ0) is 18.1. The molecule has 0 atom stereocenters. The summed E-state index contributed by atoms with van der Waals surface area (Å²) in [5, 5.41) is 2.84. The van der Waals surface area contributed by atoms with Gasteiger partial charge in [-0.15, -0.1) is 0 Å². The minimum Gasteiger partial charge on any atom is -0.313 e. The highest BCUT2D eigenvalue weighted by molar-refractivity contribution is 6.04. The maximum Gasteiger partial charge on any atom is 0.275 e. The van der Waals surface area contributed by atoms with Crippen molar-refractivity contribution in [1.29, 1.82) is 0 Å². The van der Waals surface area contributed by atoms with Gasteiger partial charge in [0.2, 0.25) is 0 Å². The number of pyridine rings is 1. The number of aromatic amines is 1. The molecule has 2 N–H and O–H groups in total. The van der Waals surface area contributed by atoms with Crippen molar-refractivity contribution in [2.24, 2.45) is 0 Å². The van der Waals surface area contributed by atoms with Crippen LogP contribution in [0.15, 0.2) is 65.8 Å². The number of H-pyrrole nitrogens is 1. The van der Waals surface area contributed by atoms with Crippen LogP contribution in [0.5, 0.6) is 0 Å². The Morgan fingerprint density at radius 1 is 1.15 bits per heavy atom. The third kappa shape index (κ3) is 2.86. The van der Waals surface area contributed by atoms with Crippen LogP contribution in [0.1, 0.15) is 16.1 Å². The van der Waals surface area contributed by atoms with E-state index in [0.717, 1.165) is 17.2 Å². The van der Waals surface area contributed by atoms with Crippen LogP contribution in [0.2, 0.25) is 0 Å². The standard InChI is InChI=1S/C19H15N5O2/c1-12-5-4-6-13(9-12)17-18(24-8-3-2-7-15(24)22-17)23-19(26)14-10-16(25)21-11-20-14/h2-11H,1H3,(H,23,26)(H,20,21,25). The smallest absolute Gasteiger partial charge is 0.275 e. The van der Waals surface area contributed by atoms with Crippen molar-refractivity contribution in [1.82, 2.24) is 19.4 Å². The number of hydrogen-bond acceptors (Lipinski definition) is 4. The van der Waals surface area contributed by atoms with Crippen LogP contribution >= 0.6 is 0 Å². The van der Waals surface area contributed by atoms with Crippen molar-refractivity contribution in [3.05, 3.63) is 82.7 Å². The van der Waals surface area contributed by atoms with Gasteiger partial charge in [-0.1, -0.05) is 29.8 Å². The summed E-state index contributed by atoms with van der Waals surface area (Å²) in [6, 6.07) is 14.6. The van der Waals surface area contributed by atoms with Gasteiger partial charge >= 0.3 is 0 Å². The first kappa shape index (κ1) is 15.8. The van der Waals surface area contributed by atoms with Gasteiger partial charge in [-0.05, 0) is 25.1 Å². The van der Waals surface area contributed by atoms with Crippen LogP contribution in [0, 0.1) is 6.92 Å². The lowest BCUT2D eigenvalue weighted by Crippen LogP contribution is -2.18. The summed E-state index contributed by atoms with van der Waals surface area (Å²) in [4.78, 5) is 35.0. The third-order valence-electron chi connectivity index (χ3n) is 3.96. The van der Waals surface area contributed by atoms with E-state index in [1.54, 1.807) is 4.40 Å². The summed E-state index contributed by atoms with van der Waals surface area (Å²) in [5.41, 5.74) is 2.99. The molecule has 4 aromatic rings. The van der Waals surface area contributed by atoms with E-state index in [2.05, 4.69) is 20.3 Å². The highest BCUT2D eigenvalue weighted by Crippen LogP contribution is 2.29. The molecule has 0 spiro atoms. The largest absolute Gasteiger partial charge is 0.313 e. The van der Waals surface area contributed by atoms with Gasteiger partial charge in [0, 0.05) is 17.8 Å². The first-order valence-electron chi connectivity index (χ1n) is 8.02. The molecular weight excluding hydrogens is 330 g/mol. The number of nitrogens with one attached hydrogen (secondary N) is 2. The van der Waals surface area contributed by atoms with Gasteiger partial charge in [0.15, 0.2) is 0 Å². The van der Waals surface area contributed by atoms with Crippen molar-refractivity contribution in [3.63, 3.8) is 0 Å². The fourth-order valence-electron chi connectivity index (χ4n) is 2.77. The van der Waals surface area contributed by atoms with Crippen molar-refractivity contribution in [2.75, 3.05) is 5.32 Å². The molecule has 0 aliphatic rings. The summed E-state index contributed by atoms with van der Waals surface area (Å²) in [5.74, 6) is 0.0499. The number of anilines is 1. The fourth-order valence-corrected chi connectivity index (χ4v) is 2.77. The third-order valence-corrected chi connectivity index (χ3v) is 3.96. The van der Waals surface area contributed by atoms with Crippen LogP contribution in [0.4, 0.5) is 5.82 Å². The predicted octanol–water partition coefficient (Wildman–Crippen LogP) is 2.65. The van der Waals surface area contributed by atoms with Crippen molar-refractivity contribution >= 4 is 17.4 Å². The quantitative estimate of drug-likeness (QED) is 0.597. The number of amides is 1. The Kier molecular flexibility index (Phi) is 3.81. The number of aromatic nitrogens is 4. The molecule has 4 rings (SSSR count). The molecule has 0 bridgehead atoms. The molecule has 0 aliphatic carbocycles. The van der Waals surface area contributed by atoms with Crippen LogP contribution in [-0.4, -0.2) is 25.3 Å². The highest BCUT2D eigenvalue weighted by Gasteiger charge is 2.18. The van der Waals surface area contributed by atoms with E-state index in [9.17, 15) is 9.59 Å². The van der Waals surface area contributed by atoms with Crippen LogP contribution in [0.25, 0.3) is 16.9 Å². The number of carbonyl (C=O) groups excluding carboxylic acids is 1. The average molecular weight is 345 g/mol. The monoisotopic (exact) mass is 345 g/mol. The molecule has 0 fully saturated rings. The fraction of sp³-hybridized carbons (Fsp3) is 0.0526. The summed E-state index contributed by atoms with van der Waals surface area (Å²) in [6.45, 7) is 2.00. The Hall–Kier alpha value is -3.74. The average Bonchev–Trinajstić information content (AvgIpc) is 3.00. The van der Waals surface area contributed by atoms with E-state index in [4.69, 9.17) is 0 Å². The van der Waals surface area contributed by atoms with Crippen molar-refractivity contribution in [2.45, 2.75) is 6.92 Å². The van der Waals surface area contributed by atoms with E-state index in [0.29, 0.717) is 17.2 Å². The second-order valence-electron chi connectivity index (χ2n) is 5.86. The van der Waals surface area contributed by atoms with Crippen LogP contribution < -0.4 is 10.9 Å². The number of nitrogens with zero attached hydrogens (tertiary/aromatic N) is 3. The lowest BCUT2D eigenvalue weighted by atomic mass is 10.1. The first-order valence-corrected chi connectivity index (χ1v) is 8.02. The second-order valence-corrected chi connectivity index (χ2v) is 5.86. The normalized spacial score (nSPS) is 10.8. The van der Waals surface area contributed by atoms with Gasteiger partial charge in [-0.2, -0.15) is 0 Å². The number of imidazole rings is 1. The second kappa shape index (κ2) is 6.29. The molecule has 0 saturated heterocycles. The molecule has 0 saturated carbocycles. The van der Waals surface area contributed by atoms with E-state index >= 15 is 0 Å². The molecule has 7 heteroatoms. The SMILES string of the molecule is Cc1cccc(-c2nc3ccccn3c2NC(=O)c2cc(=O)[nH]cn2)c1. The predicted molar refractivity (Wildman–Crippen MR) is 98.2 cm³/mol. The number of benzene rings is 1. The van der Waals surface area contributed by atoms with Gasteiger partial charge in [0.25, 0.3) is 11.5 Å². The summed E-state index contributed by atoms with van der Waals surface area (Å²) in [7, 11) is 0. The maximum atomic E-state index is 12.6. The number of hydrogen-bond donors (Lipinski definition) is 2. The van der Waals surface area contributed by atoms with Gasteiger partial charge in [-0.25, -0.2) is 9.97 Å². The van der Waals surface area contributed by atoms with Crippen molar-refractivity contribution < 1.29 is 4.79 Å². The molecule has 0 unspecified atom stereocenters. The number of aryl methyl sites for hydroxylation is 1. The maximum absolute atomic E-state index is 12.6. The molecule has 0 aliphatic heterocycles. The summed E-state index contributed by atoms with van der Waals surface area (Å²) < 4.78 is 1.79. The molecule has 3 heterocycles. The Balaban J connectivity index is 1.84. The Bertz CT molecular complexity index is 1180. The van der Waals surface area contributed by atoms with Crippen LogP contribution in [0.3, 0.4) is 0 Å². The summed E-state index contributed by atoms with van der Waals surface area (Å²) in [6.07, 6.45) is 3.02. The van der Waals surface area contributed by atoms with E-state index in [1.165, 1.54) is 6.33 Å².